The van der Waals surface area contributed by atoms with Gasteiger partial charge < -0.3 is 9.47 Å². The average molecular weight is 336 g/mol. The number of piperidine rings is 1. The highest BCUT2D eigenvalue weighted by molar-refractivity contribution is 5.97. The van der Waals surface area contributed by atoms with Crippen molar-refractivity contribution in [3.8, 4) is 5.69 Å². The van der Waals surface area contributed by atoms with Crippen LogP contribution < -0.4 is 0 Å². The second kappa shape index (κ2) is 6.88. The van der Waals surface area contributed by atoms with Crippen molar-refractivity contribution in [1.82, 2.24) is 29.2 Å². The second-order valence-electron chi connectivity index (χ2n) is 6.38. The molecule has 7 nitrogen and oxygen atoms in total. The number of carbonyl (C=O) groups is 1. The molecule has 1 fully saturated rings. The van der Waals surface area contributed by atoms with Crippen LogP contribution in [0.15, 0.2) is 55.6 Å². The highest BCUT2D eigenvalue weighted by Gasteiger charge is 2.26. The molecule has 1 saturated heterocycles. The van der Waals surface area contributed by atoms with Gasteiger partial charge in [-0.25, -0.2) is 14.6 Å². The van der Waals surface area contributed by atoms with Crippen molar-refractivity contribution < 1.29 is 4.79 Å². The van der Waals surface area contributed by atoms with Gasteiger partial charge in [0.05, 0.1) is 17.6 Å². The maximum absolute atomic E-state index is 13.1. The van der Waals surface area contributed by atoms with E-state index in [2.05, 4.69) is 19.6 Å². The normalized spacial score (nSPS) is 17.6. The number of hydrogen-bond donors (Lipinski definition) is 0. The molecule has 7 heteroatoms. The molecular formula is C18H20N6O. The first kappa shape index (κ1) is 15.6. The van der Waals surface area contributed by atoms with Crippen molar-refractivity contribution >= 4 is 5.91 Å². The van der Waals surface area contributed by atoms with Crippen molar-refractivity contribution in [2.45, 2.75) is 19.4 Å². The first-order valence-electron chi connectivity index (χ1n) is 8.50. The van der Waals surface area contributed by atoms with Gasteiger partial charge in [-0.05, 0) is 30.9 Å². The van der Waals surface area contributed by atoms with Crippen LogP contribution in [0.1, 0.15) is 23.2 Å². The van der Waals surface area contributed by atoms with Crippen LogP contribution in [0.4, 0.5) is 0 Å². The van der Waals surface area contributed by atoms with E-state index in [1.807, 2.05) is 41.7 Å². The van der Waals surface area contributed by atoms with Gasteiger partial charge >= 0.3 is 0 Å². The Morgan fingerprint density at radius 2 is 2.12 bits per heavy atom. The number of likely N-dealkylation sites (tertiary alicyclic amines) is 1. The molecule has 1 aromatic carbocycles. The lowest BCUT2D eigenvalue weighted by molar-refractivity contribution is 0.0662. The summed E-state index contributed by atoms with van der Waals surface area (Å²) in [5.74, 6) is 0.506. The molecule has 3 aromatic rings. The summed E-state index contributed by atoms with van der Waals surface area (Å²) in [6.45, 7) is 2.46. The number of amides is 1. The zero-order valence-electron chi connectivity index (χ0n) is 13.9. The second-order valence-corrected chi connectivity index (χ2v) is 6.38. The molecule has 25 heavy (non-hydrogen) atoms. The molecule has 1 amide bonds. The Hall–Kier alpha value is -2.96. The fraction of sp³-hybridized carbons (Fsp3) is 0.333. The molecule has 1 aliphatic rings. The number of hydrogen-bond acceptors (Lipinski definition) is 4. The summed E-state index contributed by atoms with van der Waals surface area (Å²) >= 11 is 0. The largest absolute Gasteiger partial charge is 0.338 e. The standard InChI is InChI=1S/C18H20N6O/c25-18(16-5-1-2-6-17(16)24-14-20-12-21-24)23-8-3-4-15(11-23)10-22-9-7-19-13-22/h1-2,5-7,9,12-15H,3-4,8,10-11H2. The maximum atomic E-state index is 13.1. The molecule has 4 rings (SSSR count). The van der Waals surface area contributed by atoms with E-state index in [0.29, 0.717) is 11.5 Å². The van der Waals surface area contributed by atoms with Gasteiger partial charge in [0.15, 0.2) is 0 Å². The Kier molecular flexibility index (Phi) is 4.28. The Labute approximate surface area is 145 Å². The number of nitrogens with zero attached hydrogens (tertiary/aromatic N) is 6. The van der Waals surface area contributed by atoms with Gasteiger partial charge in [0, 0.05) is 32.0 Å². The molecule has 0 radical (unpaired) electrons. The van der Waals surface area contributed by atoms with E-state index >= 15 is 0 Å². The predicted molar refractivity (Wildman–Crippen MR) is 92.2 cm³/mol. The number of rotatable bonds is 4. The highest BCUT2D eigenvalue weighted by atomic mass is 16.2. The van der Waals surface area contributed by atoms with Crippen LogP contribution in [-0.4, -0.2) is 48.2 Å². The fourth-order valence-corrected chi connectivity index (χ4v) is 3.45. The summed E-state index contributed by atoms with van der Waals surface area (Å²) in [6, 6.07) is 7.56. The molecule has 0 spiro atoms. The molecule has 1 unspecified atom stereocenters. The van der Waals surface area contributed by atoms with Gasteiger partial charge in [-0.3, -0.25) is 4.79 Å². The van der Waals surface area contributed by atoms with Crippen LogP contribution in [0.3, 0.4) is 0 Å². The minimum atomic E-state index is 0.0569. The molecule has 1 aliphatic heterocycles. The summed E-state index contributed by atoms with van der Waals surface area (Å²) in [4.78, 5) is 23.1. The van der Waals surface area contributed by atoms with E-state index in [9.17, 15) is 4.79 Å². The van der Waals surface area contributed by atoms with Crippen LogP contribution in [0.2, 0.25) is 0 Å². The van der Waals surface area contributed by atoms with E-state index in [0.717, 1.165) is 38.2 Å². The van der Waals surface area contributed by atoms with Crippen LogP contribution in [0, 0.1) is 5.92 Å². The Morgan fingerprint density at radius 3 is 2.92 bits per heavy atom. The maximum Gasteiger partial charge on any atom is 0.256 e. The summed E-state index contributed by atoms with van der Waals surface area (Å²) in [6.07, 6.45) is 10.8. The molecule has 1 atom stereocenters. The van der Waals surface area contributed by atoms with Gasteiger partial charge in [-0.2, -0.15) is 5.10 Å². The van der Waals surface area contributed by atoms with Crippen molar-refractivity contribution in [3.05, 3.63) is 61.2 Å². The summed E-state index contributed by atoms with van der Waals surface area (Å²) in [7, 11) is 0. The lowest BCUT2D eigenvalue weighted by Gasteiger charge is -2.33. The highest BCUT2D eigenvalue weighted by Crippen LogP contribution is 2.22. The minimum absolute atomic E-state index is 0.0569. The molecule has 3 heterocycles. The van der Waals surface area contributed by atoms with Crippen LogP contribution in [0.25, 0.3) is 5.69 Å². The number of para-hydroxylation sites is 1. The zero-order chi connectivity index (χ0) is 17.1. The number of imidazole rings is 1. The molecule has 2 aromatic heterocycles. The number of benzene rings is 1. The first-order valence-corrected chi connectivity index (χ1v) is 8.50. The first-order chi connectivity index (χ1) is 12.3. The van der Waals surface area contributed by atoms with Crippen molar-refractivity contribution in [3.63, 3.8) is 0 Å². The van der Waals surface area contributed by atoms with Gasteiger partial charge in [0.1, 0.15) is 12.7 Å². The van der Waals surface area contributed by atoms with Crippen molar-refractivity contribution in [2.24, 2.45) is 5.92 Å². The lowest BCUT2D eigenvalue weighted by atomic mass is 9.97. The molecule has 0 aliphatic carbocycles. The molecule has 0 saturated carbocycles. The molecular weight excluding hydrogens is 316 g/mol. The Morgan fingerprint density at radius 1 is 1.20 bits per heavy atom. The van der Waals surface area contributed by atoms with Crippen molar-refractivity contribution in [2.75, 3.05) is 13.1 Å². The van der Waals surface area contributed by atoms with Gasteiger partial charge in [-0.1, -0.05) is 12.1 Å². The van der Waals surface area contributed by atoms with E-state index in [1.54, 1.807) is 17.2 Å². The molecule has 0 N–H and O–H groups in total. The van der Waals surface area contributed by atoms with Crippen LogP contribution in [-0.2, 0) is 6.54 Å². The third-order valence-electron chi connectivity index (χ3n) is 4.63. The zero-order valence-corrected chi connectivity index (χ0v) is 13.9. The summed E-state index contributed by atoms with van der Waals surface area (Å²) < 4.78 is 3.72. The quantitative estimate of drug-likeness (QED) is 0.731. The summed E-state index contributed by atoms with van der Waals surface area (Å²) in [5.41, 5.74) is 1.43. The monoisotopic (exact) mass is 336 g/mol. The fourth-order valence-electron chi connectivity index (χ4n) is 3.45. The summed E-state index contributed by atoms with van der Waals surface area (Å²) in [5, 5.41) is 4.16. The third-order valence-corrected chi connectivity index (χ3v) is 4.63. The Balaban J connectivity index is 1.53. The van der Waals surface area contributed by atoms with Gasteiger partial charge in [0.25, 0.3) is 5.91 Å². The lowest BCUT2D eigenvalue weighted by Crippen LogP contribution is -2.41. The smallest absolute Gasteiger partial charge is 0.256 e. The number of carbonyl (C=O) groups excluding carboxylic acids is 1. The minimum Gasteiger partial charge on any atom is -0.338 e. The van der Waals surface area contributed by atoms with E-state index in [1.165, 1.54) is 6.33 Å². The van der Waals surface area contributed by atoms with E-state index < -0.39 is 0 Å². The Bertz CT molecular complexity index is 827. The van der Waals surface area contributed by atoms with Gasteiger partial charge in [0.2, 0.25) is 0 Å². The molecule has 128 valence electrons. The average Bonchev–Trinajstić information content (AvgIpc) is 3.35. The van der Waals surface area contributed by atoms with Crippen LogP contribution >= 0.6 is 0 Å². The number of aromatic nitrogens is 5. The third kappa shape index (κ3) is 3.31. The predicted octanol–water partition coefficient (Wildman–Crippen LogP) is 2.02. The van der Waals surface area contributed by atoms with Gasteiger partial charge in [-0.15, -0.1) is 0 Å². The van der Waals surface area contributed by atoms with E-state index in [4.69, 9.17) is 0 Å². The molecule has 0 bridgehead atoms. The van der Waals surface area contributed by atoms with Crippen LogP contribution in [0.5, 0.6) is 0 Å². The topological polar surface area (TPSA) is 68.8 Å². The SMILES string of the molecule is O=C(c1ccccc1-n1cncn1)N1CCCC(Cn2ccnc2)C1. The van der Waals surface area contributed by atoms with Crippen molar-refractivity contribution in [1.29, 1.82) is 0 Å². The van der Waals surface area contributed by atoms with E-state index in [-0.39, 0.29) is 5.91 Å².